The summed E-state index contributed by atoms with van der Waals surface area (Å²) in [4.78, 5) is 16.1. The van der Waals surface area contributed by atoms with E-state index >= 15 is 0 Å². The Hall–Kier alpha value is -2.37. The second-order valence-electron chi connectivity index (χ2n) is 3.97. The number of methoxy groups -OCH3 is 1. The van der Waals surface area contributed by atoms with Gasteiger partial charge in [0.1, 0.15) is 0 Å². The Labute approximate surface area is 113 Å². The summed E-state index contributed by atoms with van der Waals surface area (Å²) in [5, 5.41) is 0. The van der Waals surface area contributed by atoms with Gasteiger partial charge >= 0.3 is 6.18 Å². The highest BCUT2D eigenvalue weighted by atomic mass is 19.4. The molecule has 0 radical (unpaired) electrons. The lowest BCUT2D eigenvalue weighted by molar-refractivity contribution is -0.137. The number of carbonyl (C=O) groups excluding carboxylic acids is 1. The largest absolute Gasteiger partial charge is 0.480 e. The molecule has 1 aromatic carbocycles. The summed E-state index contributed by atoms with van der Waals surface area (Å²) in [6.07, 6.45) is -3.06. The molecule has 0 atom stereocenters. The van der Waals surface area contributed by atoms with Crippen molar-refractivity contribution in [3.05, 3.63) is 59.3 Å². The molecular weight excluding hydrogens is 271 g/mol. The maximum atomic E-state index is 12.6. The Morgan fingerprint density at radius 2 is 1.95 bits per heavy atom. The van der Waals surface area contributed by atoms with Gasteiger partial charge < -0.3 is 4.74 Å². The molecule has 0 fully saturated rings. The average Bonchev–Trinajstić information content (AvgIpc) is 2.45. The number of halogens is 3. The SMILES string of the molecule is COc1ncccc1C(=O)c1cccc(C(F)(F)F)c1. The van der Waals surface area contributed by atoms with Gasteiger partial charge in [0.25, 0.3) is 0 Å². The van der Waals surface area contributed by atoms with E-state index in [0.29, 0.717) is 0 Å². The summed E-state index contributed by atoms with van der Waals surface area (Å²) >= 11 is 0. The van der Waals surface area contributed by atoms with E-state index in [1.807, 2.05) is 0 Å². The summed E-state index contributed by atoms with van der Waals surface area (Å²) < 4.78 is 42.8. The fourth-order valence-electron chi connectivity index (χ4n) is 1.72. The van der Waals surface area contributed by atoms with Crippen LogP contribution in [0.25, 0.3) is 0 Å². The summed E-state index contributed by atoms with van der Waals surface area (Å²) in [5.74, 6) is -0.490. The number of hydrogen-bond acceptors (Lipinski definition) is 3. The Kier molecular flexibility index (Phi) is 3.74. The first-order chi connectivity index (χ1) is 9.43. The van der Waals surface area contributed by atoms with E-state index < -0.39 is 17.5 Å². The van der Waals surface area contributed by atoms with Gasteiger partial charge in [0.2, 0.25) is 5.88 Å². The number of ether oxygens (including phenoxy) is 1. The monoisotopic (exact) mass is 281 g/mol. The molecule has 0 aliphatic rings. The number of ketones is 1. The van der Waals surface area contributed by atoms with Crippen LogP contribution in [0.2, 0.25) is 0 Å². The molecule has 0 N–H and O–H groups in total. The number of aromatic nitrogens is 1. The Balaban J connectivity index is 2.44. The van der Waals surface area contributed by atoms with Gasteiger partial charge in [-0.25, -0.2) is 4.98 Å². The molecule has 1 aromatic heterocycles. The predicted molar refractivity (Wildman–Crippen MR) is 65.7 cm³/mol. The minimum Gasteiger partial charge on any atom is -0.480 e. The molecule has 0 aliphatic carbocycles. The smallest absolute Gasteiger partial charge is 0.416 e. The Morgan fingerprint density at radius 3 is 2.60 bits per heavy atom. The molecular formula is C14H10F3NO2. The van der Waals surface area contributed by atoms with E-state index in [2.05, 4.69) is 4.98 Å². The van der Waals surface area contributed by atoms with Crippen LogP contribution in [0.3, 0.4) is 0 Å². The summed E-state index contributed by atoms with van der Waals surface area (Å²) in [7, 11) is 1.34. The second-order valence-corrected chi connectivity index (χ2v) is 3.97. The molecule has 6 heteroatoms. The van der Waals surface area contributed by atoms with E-state index in [4.69, 9.17) is 4.74 Å². The van der Waals surface area contributed by atoms with Crippen LogP contribution in [0, 0.1) is 0 Å². The normalized spacial score (nSPS) is 11.2. The van der Waals surface area contributed by atoms with Crippen LogP contribution in [0.15, 0.2) is 42.6 Å². The van der Waals surface area contributed by atoms with Crippen molar-refractivity contribution in [1.29, 1.82) is 0 Å². The molecule has 2 rings (SSSR count). The summed E-state index contributed by atoms with van der Waals surface area (Å²) in [5.41, 5.74) is -0.813. The van der Waals surface area contributed by atoms with E-state index in [9.17, 15) is 18.0 Å². The van der Waals surface area contributed by atoms with Crippen molar-refractivity contribution >= 4 is 5.78 Å². The van der Waals surface area contributed by atoms with Gasteiger partial charge in [-0.3, -0.25) is 4.79 Å². The lowest BCUT2D eigenvalue weighted by Gasteiger charge is -2.09. The Bertz CT molecular complexity index is 638. The van der Waals surface area contributed by atoms with Gasteiger partial charge in [0.15, 0.2) is 5.78 Å². The highest BCUT2D eigenvalue weighted by molar-refractivity contribution is 6.10. The summed E-state index contributed by atoms with van der Waals surface area (Å²) in [6, 6.07) is 7.22. The third-order valence-corrected chi connectivity index (χ3v) is 2.66. The van der Waals surface area contributed by atoms with Gasteiger partial charge in [0, 0.05) is 11.8 Å². The van der Waals surface area contributed by atoms with Gasteiger partial charge in [-0.05, 0) is 24.3 Å². The lowest BCUT2D eigenvalue weighted by Crippen LogP contribution is -2.09. The number of rotatable bonds is 3. The standard InChI is InChI=1S/C14H10F3NO2/c1-20-13-11(6-3-7-18-13)12(19)9-4-2-5-10(8-9)14(15,16)17/h2-8H,1H3. The van der Waals surface area contributed by atoms with Gasteiger partial charge in [-0.15, -0.1) is 0 Å². The van der Waals surface area contributed by atoms with Crippen LogP contribution in [0.5, 0.6) is 5.88 Å². The minimum absolute atomic E-state index is 0.0638. The van der Waals surface area contributed by atoms with Crippen LogP contribution in [-0.2, 0) is 6.18 Å². The molecule has 0 spiro atoms. The third kappa shape index (κ3) is 2.79. The average molecular weight is 281 g/mol. The number of hydrogen-bond donors (Lipinski definition) is 0. The molecule has 1 heterocycles. The van der Waals surface area contributed by atoms with E-state index in [-0.39, 0.29) is 17.0 Å². The molecule has 0 amide bonds. The number of benzene rings is 1. The molecule has 3 nitrogen and oxygen atoms in total. The zero-order valence-electron chi connectivity index (χ0n) is 10.4. The molecule has 104 valence electrons. The molecule has 2 aromatic rings. The van der Waals surface area contributed by atoms with Crippen LogP contribution < -0.4 is 4.74 Å². The molecule has 0 unspecified atom stereocenters. The molecule has 0 aliphatic heterocycles. The van der Waals surface area contributed by atoms with Crippen molar-refractivity contribution in [2.24, 2.45) is 0 Å². The fraction of sp³-hybridized carbons (Fsp3) is 0.143. The second kappa shape index (κ2) is 5.32. The molecule has 0 saturated heterocycles. The van der Waals surface area contributed by atoms with Gasteiger partial charge in [-0.2, -0.15) is 13.2 Å². The zero-order chi connectivity index (χ0) is 14.8. The zero-order valence-corrected chi connectivity index (χ0v) is 10.4. The molecule has 0 saturated carbocycles. The van der Waals surface area contributed by atoms with Crippen molar-refractivity contribution in [2.45, 2.75) is 6.18 Å². The van der Waals surface area contributed by atoms with Crippen LogP contribution in [0.1, 0.15) is 21.5 Å². The lowest BCUT2D eigenvalue weighted by atomic mass is 10.0. The van der Waals surface area contributed by atoms with E-state index in [1.54, 1.807) is 0 Å². The maximum Gasteiger partial charge on any atom is 0.416 e. The number of carbonyl (C=O) groups is 1. The fourth-order valence-corrected chi connectivity index (χ4v) is 1.72. The van der Waals surface area contributed by atoms with Crippen molar-refractivity contribution in [2.75, 3.05) is 7.11 Å². The van der Waals surface area contributed by atoms with Crippen LogP contribution in [0.4, 0.5) is 13.2 Å². The van der Waals surface area contributed by atoms with Crippen molar-refractivity contribution in [1.82, 2.24) is 4.98 Å². The van der Waals surface area contributed by atoms with Crippen molar-refractivity contribution in [3.8, 4) is 5.88 Å². The van der Waals surface area contributed by atoms with Crippen molar-refractivity contribution < 1.29 is 22.7 Å². The first-order valence-corrected chi connectivity index (χ1v) is 5.64. The maximum absolute atomic E-state index is 12.6. The van der Waals surface area contributed by atoms with Gasteiger partial charge in [0.05, 0.1) is 18.2 Å². The number of alkyl halides is 3. The Morgan fingerprint density at radius 1 is 1.20 bits per heavy atom. The highest BCUT2D eigenvalue weighted by Crippen LogP contribution is 2.30. The van der Waals surface area contributed by atoms with Gasteiger partial charge in [-0.1, -0.05) is 12.1 Å². The third-order valence-electron chi connectivity index (χ3n) is 2.66. The topological polar surface area (TPSA) is 39.2 Å². The number of nitrogens with zero attached hydrogens (tertiary/aromatic N) is 1. The quantitative estimate of drug-likeness (QED) is 0.810. The van der Waals surface area contributed by atoms with E-state index in [0.717, 1.165) is 12.1 Å². The predicted octanol–water partition coefficient (Wildman–Crippen LogP) is 3.34. The molecule has 0 bridgehead atoms. The minimum atomic E-state index is -4.49. The molecule has 20 heavy (non-hydrogen) atoms. The summed E-state index contributed by atoms with van der Waals surface area (Å²) in [6.45, 7) is 0. The first-order valence-electron chi connectivity index (χ1n) is 5.64. The van der Waals surface area contributed by atoms with Crippen LogP contribution in [-0.4, -0.2) is 17.9 Å². The van der Waals surface area contributed by atoms with E-state index in [1.165, 1.54) is 37.6 Å². The van der Waals surface area contributed by atoms with Crippen LogP contribution >= 0.6 is 0 Å². The number of pyridine rings is 1. The van der Waals surface area contributed by atoms with Crippen molar-refractivity contribution in [3.63, 3.8) is 0 Å². The first kappa shape index (κ1) is 14.0. The highest BCUT2D eigenvalue weighted by Gasteiger charge is 2.31.